The summed E-state index contributed by atoms with van der Waals surface area (Å²) in [6.45, 7) is 3.58. The topological polar surface area (TPSA) is 63.2 Å². The number of nitrogens with one attached hydrogen (secondary N) is 2. The van der Waals surface area contributed by atoms with Crippen LogP contribution in [0.15, 0.2) is 0 Å². The normalized spacial score (nSPS) is 36.5. The lowest BCUT2D eigenvalue weighted by Gasteiger charge is -2.31. The summed E-state index contributed by atoms with van der Waals surface area (Å²) in [5.41, 5.74) is 5.73. The molecule has 0 aromatic carbocycles. The van der Waals surface area contributed by atoms with Crippen LogP contribution in [0.25, 0.3) is 0 Å². The average molecular weight is 184 g/mol. The second-order valence-corrected chi connectivity index (χ2v) is 4.17. The highest BCUT2D eigenvalue weighted by molar-refractivity contribution is 4.94. The lowest BCUT2D eigenvalue weighted by Crippen LogP contribution is -2.40. The molecular formula is C9H20N4. The molecule has 2 rings (SSSR count). The van der Waals surface area contributed by atoms with Crippen molar-refractivity contribution in [2.24, 2.45) is 11.7 Å². The smallest absolute Gasteiger partial charge is 0.0902 e. The lowest BCUT2D eigenvalue weighted by atomic mass is 9.97. The van der Waals surface area contributed by atoms with E-state index in [4.69, 9.17) is 5.73 Å². The van der Waals surface area contributed by atoms with Crippen molar-refractivity contribution in [3.63, 3.8) is 0 Å². The van der Waals surface area contributed by atoms with Crippen molar-refractivity contribution >= 4 is 0 Å². The van der Waals surface area contributed by atoms with Gasteiger partial charge in [0.1, 0.15) is 0 Å². The van der Waals surface area contributed by atoms with Crippen LogP contribution in [0.4, 0.5) is 0 Å². The summed E-state index contributed by atoms with van der Waals surface area (Å²) in [6.07, 6.45) is 3.34. The Morgan fingerprint density at radius 1 is 1.46 bits per heavy atom. The van der Waals surface area contributed by atoms with Gasteiger partial charge in [0.05, 0.1) is 12.3 Å². The minimum absolute atomic E-state index is 0.237. The van der Waals surface area contributed by atoms with E-state index in [-0.39, 0.29) is 6.17 Å². The summed E-state index contributed by atoms with van der Waals surface area (Å²) in [5.74, 6) is 0.872. The predicted octanol–water partition coefficient (Wildman–Crippen LogP) is -0.868. The third kappa shape index (κ3) is 2.20. The van der Waals surface area contributed by atoms with E-state index in [1.807, 2.05) is 7.05 Å². The Kier molecular flexibility index (Phi) is 2.83. The van der Waals surface area contributed by atoms with Gasteiger partial charge in [0, 0.05) is 13.1 Å². The van der Waals surface area contributed by atoms with Crippen molar-refractivity contribution < 1.29 is 0 Å². The Morgan fingerprint density at radius 2 is 2.08 bits per heavy atom. The van der Waals surface area contributed by atoms with Crippen molar-refractivity contribution in [3.05, 3.63) is 0 Å². The highest BCUT2D eigenvalue weighted by Crippen LogP contribution is 2.21. The van der Waals surface area contributed by atoms with Crippen LogP contribution in [-0.4, -0.2) is 43.9 Å². The molecule has 2 unspecified atom stereocenters. The molecule has 2 heterocycles. The Labute approximate surface area is 79.8 Å². The maximum Gasteiger partial charge on any atom is 0.0902 e. The first-order valence-electron chi connectivity index (χ1n) is 5.21. The van der Waals surface area contributed by atoms with Gasteiger partial charge in [-0.1, -0.05) is 0 Å². The van der Waals surface area contributed by atoms with Gasteiger partial charge in [-0.2, -0.15) is 0 Å². The van der Waals surface area contributed by atoms with Crippen molar-refractivity contribution in [2.75, 3.05) is 26.7 Å². The summed E-state index contributed by atoms with van der Waals surface area (Å²) in [6, 6.07) is 0. The minimum Gasteiger partial charge on any atom is -0.319 e. The van der Waals surface area contributed by atoms with Crippen molar-refractivity contribution in [2.45, 2.75) is 25.2 Å². The number of hydrogen-bond donors (Lipinski definition) is 3. The Bertz CT molecular complexity index is 165. The highest BCUT2D eigenvalue weighted by atomic mass is 15.4. The molecule has 13 heavy (non-hydrogen) atoms. The summed E-state index contributed by atoms with van der Waals surface area (Å²) in [4.78, 5) is 2.47. The van der Waals surface area contributed by atoms with Gasteiger partial charge in [0.25, 0.3) is 0 Å². The van der Waals surface area contributed by atoms with Gasteiger partial charge < -0.3 is 11.1 Å². The summed E-state index contributed by atoms with van der Waals surface area (Å²) in [7, 11) is 2.03. The molecule has 2 aliphatic heterocycles. The van der Waals surface area contributed by atoms with E-state index in [0.717, 1.165) is 12.5 Å². The van der Waals surface area contributed by atoms with Crippen molar-refractivity contribution in [3.8, 4) is 0 Å². The van der Waals surface area contributed by atoms with Crippen LogP contribution in [0.1, 0.15) is 12.8 Å². The molecule has 76 valence electrons. The highest BCUT2D eigenvalue weighted by Gasteiger charge is 2.39. The molecule has 0 aromatic heterocycles. The summed E-state index contributed by atoms with van der Waals surface area (Å²) in [5, 5.41) is 6.48. The molecule has 4 N–H and O–H groups in total. The second kappa shape index (κ2) is 3.92. The van der Waals surface area contributed by atoms with Gasteiger partial charge in [0.15, 0.2) is 0 Å². The number of rotatable bonds is 3. The fourth-order valence-corrected chi connectivity index (χ4v) is 2.20. The van der Waals surface area contributed by atoms with E-state index in [2.05, 4.69) is 15.5 Å². The van der Waals surface area contributed by atoms with Gasteiger partial charge in [0.2, 0.25) is 0 Å². The van der Waals surface area contributed by atoms with Gasteiger partial charge in [-0.25, -0.2) is 0 Å². The van der Waals surface area contributed by atoms with Gasteiger partial charge in [-0.3, -0.25) is 10.2 Å². The third-order valence-electron chi connectivity index (χ3n) is 3.13. The molecule has 2 saturated heterocycles. The first-order valence-corrected chi connectivity index (χ1v) is 5.21. The van der Waals surface area contributed by atoms with Gasteiger partial charge in [-0.05, 0) is 32.4 Å². The first kappa shape index (κ1) is 9.40. The molecule has 0 aromatic rings. The molecule has 2 aliphatic rings. The molecule has 4 nitrogen and oxygen atoms in total. The Hall–Kier alpha value is -0.160. The maximum atomic E-state index is 5.73. The minimum atomic E-state index is 0.237. The number of likely N-dealkylation sites (tertiary alicyclic amines) is 1. The molecule has 0 amide bonds. The van der Waals surface area contributed by atoms with Crippen LogP contribution < -0.4 is 16.4 Å². The van der Waals surface area contributed by atoms with E-state index in [1.54, 1.807) is 0 Å². The molecule has 0 radical (unpaired) electrons. The van der Waals surface area contributed by atoms with E-state index in [1.165, 1.54) is 25.9 Å². The van der Waals surface area contributed by atoms with E-state index < -0.39 is 0 Å². The number of nitrogens with zero attached hydrogens (tertiary/aromatic N) is 1. The molecule has 2 fully saturated rings. The molecule has 0 spiro atoms. The zero-order chi connectivity index (χ0) is 9.26. The van der Waals surface area contributed by atoms with Crippen LogP contribution in [0, 0.1) is 5.92 Å². The first-order chi connectivity index (χ1) is 6.31. The molecule has 2 atom stereocenters. The summed E-state index contributed by atoms with van der Waals surface area (Å²) < 4.78 is 0. The Morgan fingerprint density at radius 3 is 2.54 bits per heavy atom. The standard InChI is InChI=1S/C9H20N4/c1-11-6-7-2-4-13(5-3-7)9-8(10)12-9/h7-9,11-12H,2-6,10H2,1H3. The van der Waals surface area contributed by atoms with Crippen molar-refractivity contribution in [1.29, 1.82) is 0 Å². The van der Waals surface area contributed by atoms with Crippen LogP contribution in [-0.2, 0) is 0 Å². The zero-order valence-corrected chi connectivity index (χ0v) is 8.29. The predicted molar refractivity (Wildman–Crippen MR) is 53.1 cm³/mol. The summed E-state index contributed by atoms with van der Waals surface area (Å²) >= 11 is 0. The zero-order valence-electron chi connectivity index (χ0n) is 8.29. The number of hydrogen-bond acceptors (Lipinski definition) is 4. The molecule has 0 aliphatic carbocycles. The SMILES string of the molecule is CNCC1CCN(C2NC2N)CC1. The largest absolute Gasteiger partial charge is 0.319 e. The Balaban J connectivity index is 1.70. The average Bonchev–Trinajstić information content (AvgIpc) is 2.85. The molecule has 0 saturated carbocycles. The molecule has 0 bridgehead atoms. The second-order valence-electron chi connectivity index (χ2n) is 4.17. The van der Waals surface area contributed by atoms with Crippen LogP contribution >= 0.6 is 0 Å². The number of nitrogens with two attached hydrogens (primary N) is 1. The van der Waals surface area contributed by atoms with E-state index >= 15 is 0 Å². The van der Waals surface area contributed by atoms with Crippen LogP contribution in [0.5, 0.6) is 0 Å². The maximum absolute atomic E-state index is 5.73. The molecule has 4 heteroatoms. The van der Waals surface area contributed by atoms with Gasteiger partial charge >= 0.3 is 0 Å². The van der Waals surface area contributed by atoms with Crippen molar-refractivity contribution in [1.82, 2.24) is 15.5 Å². The van der Waals surface area contributed by atoms with Gasteiger partial charge in [-0.15, -0.1) is 0 Å². The fourth-order valence-electron chi connectivity index (χ4n) is 2.20. The lowest BCUT2D eigenvalue weighted by molar-refractivity contribution is 0.170. The van der Waals surface area contributed by atoms with Crippen LogP contribution in [0.2, 0.25) is 0 Å². The quantitative estimate of drug-likeness (QED) is 0.499. The monoisotopic (exact) mass is 184 g/mol. The van der Waals surface area contributed by atoms with E-state index in [9.17, 15) is 0 Å². The fraction of sp³-hybridized carbons (Fsp3) is 1.00. The van der Waals surface area contributed by atoms with Crippen LogP contribution in [0.3, 0.4) is 0 Å². The van der Waals surface area contributed by atoms with E-state index in [0.29, 0.717) is 6.17 Å². The number of piperidine rings is 1. The third-order valence-corrected chi connectivity index (χ3v) is 3.13. The molecular weight excluding hydrogens is 164 g/mol.